The predicted octanol–water partition coefficient (Wildman–Crippen LogP) is 2.40. The molecule has 1 aromatic heterocycles. The number of nitro groups is 1. The molecular weight excluding hydrogens is 232 g/mol. The average molecular weight is 242 g/mol. The summed E-state index contributed by atoms with van der Waals surface area (Å²) in [5, 5.41) is 11.0. The quantitative estimate of drug-likeness (QED) is 0.468. The van der Waals surface area contributed by atoms with E-state index in [9.17, 15) is 14.9 Å². The van der Waals surface area contributed by atoms with Gasteiger partial charge in [-0.1, -0.05) is 30.3 Å². The van der Waals surface area contributed by atoms with Crippen molar-refractivity contribution in [3.8, 4) is 11.3 Å². The number of benzene rings is 1. The summed E-state index contributed by atoms with van der Waals surface area (Å²) in [7, 11) is 0. The number of aldehydes is 1. The zero-order chi connectivity index (χ0) is 13.0. The van der Waals surface area contributed by atoms with Crippen molar-refractivity contribution in [1.82, 2.24) is 4.98 Å². The van der Waals surface area contributed by atoms with E-state index in [-0.39, 0.29) is 12.1 Å². The van der Waals surface area contributed by atoms with Gasteiger partial charge in [0.25, 0.3) is 5.69 Å². The van der Waals surface area contributed by atoms with Gasteiger partial charge in [0.2, 0.25) is 0 Å². The first kappa shape index (κ1) is 11.9. The van der Waals surface area contributed by atoms with Crippen molar-refractivity contribution in [2.45, 2.75) is 6.42 Å². The maximum atomic E-state index is 11.0. The lowest BCUT2D eigenvalue weighted by molar-refractivity contribution is -0.384. The van der Waals surface area contributed by atoms with E-state index in [1.54, 1.807) is 24.3 Å². The van der Waals surface area contributed by atoms with Crippen LogP contribution in [0.2, 0.25) is 0 Å². The van der Waals surface area contributed by atoms with Gasteiger partial charge < -0.3 is 4.79 Å². The molecule has 18 heavy (non-hydrogen) atoms. The molecule has 5 heteroatoms. The number of hydrogen-bond donors (Lipinski definition) is 0. The molecule has 5 nitrogen and oxygen atoms in total. The van der Waals surface area contributed by atoms with Crippen LogP contribution in [0.15, 0.2) is 42.6 Å². The maximum Gasteiger partial charge on any atom is 0.295 e. The Labute approximate surface area is 103 Å². The number of hydrogen-bond acceptors (Lipinski definition) is 4. The van der Waals surface area contributed by atoms with Gasteiger partial charge in [0, 0.05) is 24.2 Å². The van der Waals surface area contributed by atoms with E-state index in [0.29, 0.717) is 23.1 Å². The minimum atomic E-state index is -0.483. The number of carbonyl (C=O) groups excluding carboxylic acids is 1. The molecule has 0 unspecified atom stereocenters. The summed E-state index contributed by atoms with van der Waals surface area (Å²) < 4.78 is 0. The van der Waals surface area contributed by atoms with Crippen LogP contribution in [0, 0.1) is 10.1 Å². The number of aromatic nitrogens is 1. The molecule has 1 heterocycles. The summed E-state index contributed by atoms with van der Waals surface area (Å²) >= 11 is 0. The Morgan fingerprint density at radius 1 is 1.28 bits per heavy atom. The van der Waals surface area contributed by atoms with E-state index in [2.05, 4.69) is 4.98 Å². The first-order valence-corrected chi connectivity index (χ1v) is 5.34. The fraction of sp³-hybridized carbons (Fsp3) is 0.0769. The van der Waals surface area contributed by atoms with Crippen molar-refractivity contribution in [1.29, 1.82) is 0 Å². The molecule has 2 rings (SSSR count). The molecular formula is C13H10N2O3. The lowest BCUT2D eigenvalue weighted by Gasteiger charge is -2.03. The number of nitrogens with zero attached hydrogens (tertiary/aromatic N) is 2. The summed E-state index contributed by atoms with van der Waals surface area (Å²) in [6.07, 6.45) is 2.32. The molecule has 90 valence electrons. The highest BCUT2D eigenvalue weighted by Crippen LogP contribution is 2.28. The van der Waals surface area contributed by atoms with Gasteiger partial charge in [0.05, 0.1) is 4.92 Å². The zero-order valence-corrected chi connectivity index (χ0v) is 9.45. The number of pyridine rings is 1. The van der Waals surface area contributed by atoms with Crippen LogP contribution >= 0.6 is 0 Å². The van der Waals surface area contributed by atoms with Crippen molar-refractivity contribution in [3.05, 3.63) is 58.3 Å². The van der Waals surface area contributed by atoms with Crippen LogP contribution in [0.4, 0.5) is 5.69 Å². The second-order valence-electron chi connectivity index (χ2n) is 3.71. The molecule has 1 aromatic carbocycles. The minimum Gasteiger partial charge on any atom is -0.303 e. The van der Waals surface area contributed by atoms with Crippen molar-refractivity contribution >= 4 is 12.0 Å². The summed E-state index contributed by atoms with van der Waals surface area (Å²) in [6, 6.07) is 10.3. The number of rotatable bonds is 4. The standard InChI is InChI=1S/C13H10N2O3/c16-7-6-10-8-12(15(17)18)13(14-9-10)11-4-2-1-3-5-11/h1-5,7-9H,6H2. The van der Waals surface area contributed by atoms with Crippen molar-refractivity contribution in [2.75, 3.05) is 0 Å². The predicted molar refractivity (Wildman–Crippen MR) is 66.1 cm³/mol. The molecule has 0 spiro atoms. The molecule has 0 bridgehead atoms. The molecule has 0 radical (unpaired) electrons. The Bertz CT molecular complexity index is 582. The third kappa shape index (κ3) is 2.40. The lowest BCUT2D eigenvalue weighted by atomic mass is 10.1. The first-order valence-electron chi connectivity index (χ1n) is 5.34. The van der Waals surface area contributed by atoms with Crippen molar-refractivity contribution in [3.63, 3.8) is 0 Å². The molecule has 0 atom stereocenters. The van der Waals surface area contributed by atoms with Gasteiger partial charge in [-0.2, -0.15) is 0 Å². The molecule has 0 saturated heterocycles. The van der Waals surface area contributed by atoms with E-state index in [4.69, 9.17) is 0 Å². The first-order chi connectivity index (χ1) is 8.72. The molecule has 2 aromatic rings. The Morgan fingerprint density at radius 3 is 2.61 bits per heavy atom. The van der Waals surface area contributed by atoms with E-state index < -0.39 is 4.92 Å². The zero-order valence-electron chi connectivity index (χ0n) is 9.45. The molecule has 0 N–H and O–H groups in total. The Balaban J connectivity index is 2.54. The highest BCUT2D eigenvalue weighted by molar-refractivity contribution is 5.70. The Morgan fingerprint density at radius 2 is 2.00 bits per heavy atom. The van der Waals surface area contributed by atoms with E-state index in [1.165, 1.54) is 12.3 Å². The lowest BCUT2D eigenvalue weighted by Crippen LogP contribution is -1.97. The molecule has 0 aliphatic carbocycles. The summed E-state index contributed by atoms with van der Waals surface area (Å²) in [5.74, 6) is 0. The molecule has 0 saturated carbocycles. The minimum absolute atomic E-state index is 0.0828. The van der Waals surface area contributed by atoms with E-state index in [1.807, 2.05) is 6.07 Å². The van der Waals surface area contributed by atoms with Crippen LogP contribution in [-0.2, 0) is 11.2 Å². The van der Waals surface area contributed by atoms with Crippen LogP contribution in [0.25, 0.3) is 11.3 Å². The van der Waals surface area contributed by atoms with Crippen LogP contribution in [0.1, 0.15) is 5.56 Å². The second kappa shape index (κ2) is 5.18. The van der Waals surface area contributed by atoms with Gasteiger partial charge >= 0.3 is 0 Å². The second-order valence-corrected chi connectivity index (χ2v) is 3.71. The van der Waals surface area contributed by atoms with Gasteiger partial charge in [-0.15, -0.1) is 0 Å². The molecule has 0 fully saturated rings. The van der Waals surface area contributed by atoms with Gasteiger partial charge in [-0.3, -0.25) is 10.1 Å². The van der Waals surface area contributed by atoms with E-state index >= 15 is 0 Å². The smallest absolute Gasteiger partial charge is 0.295 e. The Hall–Kier alpha value is -2.56. The normalized spacial score (nSPS) is 10.0. The highest BCUT2D eigenvalue weighted by Gasteiger charge is 2.17. The SMILES string of the molecule is O=CCc1cnc(-c2ccccc2)c([N+](=O)[O-])c1. The molecule has 0 amide bonds. The fourth-order valence-corrected chi connectivity index (χ4v) is 1.66. The van der Waals surface area contributed by atoms with E-state index in [0.717, 1.165) is 0 Å². The Kier molecular flexibility index (Phi) is 3.43. The molecule has 0 aliphatic rings. The summed E-state index contributed by atoms with van der Waals surface area (Å²) in [6.45, 7) is 0. The average Bonchev–Trinajstić information content (AvgIpc) is 2.40. The van der Waals surface area contributed by atoms with Gasteiger partial charge in [0.1, 0.15) is 12.0 Å². The summed E-state index contributed by atoms with van der Waals surface area (Å²) in [4.78, 5) is 25.0. The van der Waals surface area contributed by atoms with Gasteiger partial charge in [-0.05, 0) is 5.56 Å². The van der Waals surface area contributed by atoms with Crippen LogP contribution in [0.5, 0.6) is 0 Å². The van der Waals surface area contributed by atoms with Crippen LogP contribution < -0.4 is 0 Å². The van der Waals surface area contributed by atoms with Crippen LogP contribution in [0.3, 0.4) is 0 Å². The van der Waals surface area contributed by atoms with Crippen molar-refractivity contribution in [2.24, 2.45) is 0 Å². The van der Waals surface area contributed by atoms with Gasteiger partial charge in [-0.25, -0.2) is 4.98 Å². The van der Waals surface area contributed by atoms with Crippen LogP contribution in [-0.4, -0.2) is 16.2 Å². The van der Waals surface area contributed by atoms with Gasteiger partial charge in [0.15, 0.2) is 0 Å². The maximum absolute atomic E-state index is 11.0. The largest absolute Gasteiger partial charge is 0.303 e. The number of carbonyl (C=O) groups is 1. The monoisotopic (exact) mass is 242 g/mol. The fourth-order valence-electron chi connectivity index (χ4n) is 1.66. The third-order valence-corrected chi connectivity index (χ3v) is 2.49. The summed E-state index contributed by atoms with van der Waals surface area (Å²) in [5.41, 5.74) is 1.45. The highest BCUT2D eigenvalue weighted by atomic mass is 16.6. The van der Waals surface area contributed by atoms with Crippen molar-refractivity contribution < 1.29 is 9.72 Å². The molecule has 0 aliphatic heterocycles. The third-order valence-electron chi connectivity index (χ3n) is 2.49. The topological polar surface area (TPSA) is 73.1 Å².